The SMILES string of the molecule is COC(=O)N(C)c1ccc(-c2cc3c(C(=O)Nc4ccc(C#N)cc4C(=O)O)noc3cc2NC(C)=O)cc1. The highest BCUT2D eigenvalue weighted by atomic mass is 16.5. The van der Waals surface area contributed by atoms with E-state index in [0.717, 1.165) is 6.07 Å². The minimum Gasteiger partial charge on any atom is -0.478 e. The minimum absolute atomic E-state index is 0.0249. The second-order valence-corrected chi connectivity index (χ2v) is 8.31. The summed E-state index contributed by atoms with van der Waals surface area (Å²) in [5.41, 5.74) is 2.06. The van der Waals surface area contributed by atoms with Gasteiger partial charge in [-0.15, -0.1) is 0 Å². The number of fused-ring (bicyclic) bond motifs is 1. The first kappa shape index (κ1) is 26.4. The van der Waals surface area contributed by atoms with Crippen molar-refractivity contribution in [2.75, 3.05) is 29.7 Å². The molecule has 39 heavy (non-hydrogen) atoms. The molecule has 12 nitrogen and oxygen atoms in total. The molecular weight excluding hydrogens is 506 g/mol. The van der Waals surface area contributed by atoms with Crippen molar-refractivity contribution in [2.45, 2.75) is 6.92 Å². The average molecular weight is 527 g/mol. The van der Waals surface area contributed by atoms with Crippen LogP contribution in [0.15, 0.2) is 59.1 Å². The largest absolute Gasteiger partial charge is 0.478 e. The fourth-order valence-electron chi connectivity index (χ4n) is 3.87. The van der Waals surface area contributed by atoms with Crippen molar-refractivity contribution in [3.63, 3.8) is 0 Å². The molecule has 12 heteroatoms. The summed E-state index contributed by atoms with van der Waals surface area (Å²) < 4.78 is 10.1. The van der Waals surface area contributed by atoms with Gasteiger partial charge in [0.2, 0.25) is 5.91 Å². The zero-order valence-corrected chi connectivity index (χ0v) is 20.9. The molecule has 0 aliphatic carbocycles. The van der Waals surface area contributed by atoms with Gasteiger partial charge in [-0.25, -0.2) is 9.59 Å². The highest BCUT2D eigenvalue weighted by molar-refractivity contribution is 6.14. The van der Waals surface area contributed by atoms with Gasteiger partial charge in [-0.1, -0.05) is 17.3 Å². The number of anilines is 3. The molecule has 3 amide bonds. The number of carbonyl (C=O) groups is 4. The Morgan fingerprint density at radius 3 is 2.36 bits per heavy atom. The summed E-state index contributed by atoms with van der Waals surface area (Å²) in [5.74, 6) is -2.40. The monoisotopic (exact) mass is 527 g/mol. The van der Waals surface area contributed by atoms with E-state index in [2.05, 4.69) is 15.8 Å². The molecule has 0 bridgehead atoms. The lowest BCUT2D eigenvalue weighted by Crippen LogP contribution is -2.25. The Labute approximate surface area is 221 Å². The van der Waals surface area contributed by atoms with Gasteiger partial charge in [0.15, 0.2) is 11.3 Å². The van der Waals surface area contributed by atoms with Crippen LogP contribution < -0.4 is 15.5 Å². The van der Waals surface area contributed by atoms with Crippen molar-refractivity contribution in [3.8, 4) is 17.2 Å². The van der Waals surface area contributed by atoms with Gasteiger partial charge < -0.3 is 25.0 Å². The van der Waals surface area contributed by atoms with Crippen LogP contribution in [0.3, 0.4) is 0 Å². The van der Waals surface area contributed by atoms with Gasteiger partial charge in [-0.2, -0.15) is 5.26 Å². The van der Waals surface area contributed by atoms with E-state index >= 15 is 0 Å². The third-order valence-corrected chi connectivity index (χ3v) is 5.78. The number of methoxy groups -OCH3 is 1. The molecule has 4 rings (SSSR count). The minimum atomic E-state index is -1.32. The number of carbonyl (C=O) groups excluding carboxylic acids is 3. The maximum atomic E-state index is 13.1. The molecule has 1 heterocycles. The Balaban J connectivity index is 1.76. The maximum absolute atomic E-state index is 13.1. The second-order valence-electron chi connectivity index (χ2n) is 8.31. The summed E-state index contributed by atoms with van der Waals surface area (Å²) in [6.45, 7) is 1.35. The number of aromatic carboxylic acids is 1. The van der Waals surface area contributed by atoms with Crippen LogP contribution in [0.1, 0.15) is 33.3 Å². The summed E-state index contributed by atoms with van der Waals surface area (Å²) in [4.78, 5) is 49.8. The number of ether oxygens (including phenoxy) is 1. The summed E-state index contributed by atoms with van der Waals surface area (Å²) in [7, 11) is 2.83. The van der Waals surface area contributed by atoms with Crippen molar-refractivity contribution in [1.29, 1.82) is 5.26 Å². The predicted molar refractivity (Wildman–Crippen MR) is 141 cm³/mol. The van der Waals surface area contributed by atoms with Gasteiger partial charge in [0.1, 0.15) is 0 Å². The lowest BCUT2D eigenvalue weighted by molar-refractivity contribution is -0.114. The van der Waals surface area contributed by atoms with Gasteiger partial charge in [-0.05, 0) is 42.0 Å². The van der Waals surface area contributed by atoms with E-state index in [9.17, 15) is 24.3 Å². The molecule has 1 aromatic heterocycles. The molecule has 0 saturated heterocycles. The first-order valence-corrected chi connectivity index (χ1v) is 11.3. The zero-order chi connectivity index (χ0) is 28.3. The van der Waals surface area contributed by atoms with E-state index in [1.165, 1.54) is 37.1 Å². The zero-order valence-electron chi connectivity index (χ0n) is 20.9. The van der Waals surface area contributed by atoms with Crippen molar-refractivity contribution < 1.29 is 33.5 Å². The van der Waals surface area contributed by atoms with Crippen molar-refractivity contribution in [3.05, 3.63) is 71.4 Å². The Kier molecular flexibility index (Phi) is 7.26. The highest BCUT2D eigenvalue weighted by Gasteiger charge is 2.22. The normalized spacial score (nSPS) is 10.4. The lowest BCUT2D eigenvalue weighted by Gasteiger charge is -2.16. The van der Waals surface area contributed by atoms with Crippen LogP contribution in [0.4, 0.5) is 21.9 Å². The highest BCUT2D eigenvalue weighted by Crippen LogP contribution is 2.35. The van der Waals surface area contributed by atoms with Gasteiger partial charge >= 0.3 is 12.1 Å². The van der Waals surface area contributed by atoms with E-state index in [1.54, 1.807) is 37.4 Å². The van der Waals surface area contributed by atoms with Gasteiger partial charge in [0, 0.05) is 31.3 Å². The molecule has 0 aliphatic heterocycles. The number of nitrogens with zero attached hydrogens (tertiary/aromatic N) is 3. The Morgan fingerprint density at radius 1 is 1.03 bits per heavy atom. The topological polar surface area (TPSA) is 175 Å². The predicted octanol–water partition coefficient (Wildman–Crippen LogP) is 4.48. The van der Waals surface area contributed by atoms with Crippen LogP contribution in [-0.2, 0) is 9.53 Å². The summed E-state index contributed by atoms with van der Waals surface area (Å²) in [6, 6.07) is 15.7. The third kappa shape index (κ3) is 5.37. The van der Waals surface area contributed by atoms with Crippen LogP contribution in [0, 0.1) is 11.3 Å². The molecule has 0 unspecified atom stereocenters. The molecular formula is C27H21N5O7. The standard InChI is InChI=1S/C27H21N5O7/c1-14(33)29-22-12-23-20(11-18(22)16-5-7-17(8-6-16)32(2)27(37)38-3)24(31-39-23)25(34)30-21-9-4-15(13-28)10-19(21)26(35)36/h4-12H,1-3H3,(H,29,33)(H,30,34)(H,35,36). The number of aromatic nitrogens is 1. The van der Waals surface area contributed by atoms with E-state index in [4.69, 9.17) is 14.5 Å². The van der Waals surface area contributed by atoms with Crippen LogP contribution in [0.2, 0.25) is 0 Å². The summed E-state index contributed by atoms with van der Waals surface area (Å²) in [5, 5.41) is 28.0. The van der Waals surface area contributed by atoms with E-state index < -0.39 is 18.0 Å². The Morgan fingerprint density at radius 2 is 1.74 bits per heavy atom. The fourth-order valence-corrected chi connectivity index (χ4v) is 3.87. The van der Waals surface area contributed by atoms with Crippen LogP contribution >= 0.6 is 0 Å². The molecule has 0 aliphatic rings. The number of rotatable bonds is 6. The number of hydrogen-bond acceptors (Lipinski definition) is 8. The molecule has 196 valence electrons. The number of nitrogens with one attached hydrogen (secondary N) is 2. The molecule has 3 aromatic carbocycles. The van der Waals surface area contributed by atoms with E-state index in [1.807, 2.05) is 6.07 Å². The number of hydrogen-bond donors (Lipinski definition) is 3. The molecule has 0 radical (unpaired) electrons. The van der Waals surface area contributed by atoms with Crippen molar-refractivity contribution >= 4 is 51.9 Å². The van der Waals surface area contributed by atoms with Crippen LogP contribution in [0.5, 0.6) is 0 Å². The number of carboxylic acids is 1. The first-order valence-electron chi connectivity index (χ1n) is 11.3. The number of benzene rings is 3. The molecule has 4 aromatic rings. The first-order chi connectivity index (χ1) is 18.6. The van der Waals surface area contributed by atoms with Gasteiger partial charge in [0.05, 0.1) is 41.1 Å². The average Bonchev–Trinajstić information content (AvgIpc) is 3.34. The molecule has 0 atom stereocenters. The molecule has 0 spiro atoms. The van der Waals surface area contributed by atoms with E-state index in [-0.39, 0.29) is 34.0 Å². The van der Waals surface area contributed by atoms with Crippen LogP contribution in [0.25, 0.3) is 22.1 Å². The second kappa shape index (κ2) is 10.7. The third-order valence-electron chi connectivity index (χ3n) is 5.78. The van der Waals surface area contributed by atoms with Crippen LogP contribution in [-0.4, -0.2) is 48.3 Å². The lowest BCUT2D eigenvalue weighted by atomic mass is 10.00. The Hall–Kier alpha value is -5.70. The molecule has 0 fully saturated rings. The molecule has 3 N–H and O–H groups in total. The molecule has 0 saturated carbocycles. The smallest absolute Gasteiger partial charge is 0.413 e. The fraction of sp³-hybridized carbons (Fsp3) is 0.111. The maximum Gasteiger partial charge on any atom is 0.413 e. The summed E-state index contributed by atoms with van der Waals surface area (Å²) >= 11 is 0. The quantitative estimate of drug-likeness (QED) is 0.326. The van der Waals surface area contributed by atoms with Crippen molar-refractivity contribution in [1.82, 2.24) is 5.16 Å². The number of nitriles is 1. The number of carboxylic acid groups (broad SMARTS) is 1. The van der Waals surface area contributed by atoms with Crippen molar-refractivity contribution in [2.24, 2.45) is 0 Å². The number of amides is 3. The van der Waals surface area contributed by atoms with Gasteiger partial charge in [0.25, 0.3) is 5.91 Å². The van der Waals surface area contributed by atoms with E-state index in [0.29, 0.717) is 27.9 Å². The van der Waals surface area contributed by atoms with Gasteiger partial charge in [-0.3, -0.25) is 14.5 Å². The summed E-state index contributed by atoms with van der Waals surface area (Å²) in [6.07, 6.45) is -0.545. The Bertz CT molecular complexity index is 1670.